The van der Waals surface area contributed by atoms with Gasteiger partial charge < -0.3 is 14.2 Å². The van der Waals surface area contributed by atoms with E-state index in [9.17, 15) is 9.59 Å². The van der Waals surface area contributed by atoms with Crippen molar-refractivity contribution in [3.05, 3.63) is 47.2 Å². The van der Waals surface area contributed by atoms with Gasteiger partial charge in [0.25, 0.3) is 5.91 Å². The van der Waals surface area contributed by atoms with Crippen LogP contribution >= 0.6 is 0 Å². The van der Waals surface area contributed by atoms with Gasteiger partial charge in [-0.3, -0.25) is 4.79 Å². The Morgan fingerprint density at radius 2 is 1.88 bits per heavy atom. The Morgan fingerprint density at radius 1 is 1.12 bits per heavy atom. The molecule has 0 saturated carbocycles. The third-order valence-corrected chi connectivity index (χ3v) is 5.08. The molecule has 1 aromatic heterocycles. The third kappa shape index (κ3) is 2.64. The molecule has 0 N–H and O–H groups in total. The van der Waals surface area contributed by atoms with Crippen LogP contribution < -0.4 is 0 Å². The van der Waals surface area contributed by atoms with Crippen LogP contribution in [0, 0.1) is 0 Å². The summed E-state index contributed by atoms with van der Waals surface area (Å²) in [6, 6.07) is 9.87. The van der Waals surface area contributed by atoms with E-state index in [1.807, 2.05) is 27.7 Å². The standard InChI is InChI=1S/C20H22N2O3/c1-2-25-20(24)17-13-16(19(23)21-10-5-6-11-21)18-15-8-4-3-7-14(15)9-12-22(17)18/h3-4,7-8,13H,2,5-6,9-12H2,1H3. The molecule has 0 bridgehead atoms. The molecule has 5 heteroatoms. The average Bonchev–Trinajstić information content (AvgIpc) is 3.29. The molecule has 0 aliphatic carbocycles. The van der Waals surface area contributed by atoms with Gasteiger partial charge in [0.1, 0.15) is 5.69 Å². The van der Waals surface area contributed by atoms with E-state index < -0.39 is 0 Å². The van der Waals surface area contributed by atoms with Crippen LogP contribution in [-0.2, 0) is 17.7 Å². The van der Waals surface area contributed by atoms with E-state index in [1.54, 1.807) is 13.0 Å². The van der Waals surface area contributed by atoms with Gasteiger partial charge in [-0.2, -0.15) is 0 Å². The molecular weight excluding hydrogens is 316 g/mol. The predicted octanol–water partition coefficient (Wildman–Crippen LogP) is 3.12. The zero-order valence-corrected chi connectivity index (χ0v) is 14.5. The van der Waals surface area contributed by atoms with Crippen molar-refractivity contribution < 1.29 is 14.3 Å². The summed E-state index contributed by atoms with van der Waals surface area (Å²) in [5.74, 6) is -0.336. The molecule has 2 aliphatic heterocycles. The van der Waals surface area contributed by atoms with E-state index in [4.69, 9.17) is 4.74 Å². The van der Waals surface area contributed by atoms with Crippen molar-refractivity contribution in [3.8, 4) is 11.3 Å². The molecule has 4 rings (SSSR count). The van der Waals surface area contributed by atoms with E-state index in [1.165, 1.54) is 5.56 Å². The summed E-state index contributed by atoms with van der Waals surface area (Å²) >= 11 is 0. The Labute approximate surface area is 147 Å². The number of fused-ring (bicyclic) bond motifs is 3. The summed E-state index contributed by atoms with van der Waals surface area (Å²) in [5, 5.41) is 0. The highest BCUT2D eigenvalue weighted by atomic mass is 16.5. The quantitative estimate of drug-likeness (QED) is 0.808. The number of ether oxygens (including phenoxy) is 1. The summed E-state index contributed by atoms with van der Waals surface area (Å²) < 4.78 is 7.18. The number of hydrogen-bond donors (Lipinski definition) is 0. The lowest BCUT2D eigenvalue weighted by Gasteiger charge is -2.23. The largest absolute Gasteiger partial charge is 0.461 e. The Morgan fingerprint density at radius 3 is 2.64 bits per heavy atom. The Bertz CT molecular complexity index is 831. The van der Waals surface area contributed by atoms with E-state index in [0.29, 0.717) is 24.4 Å². The number of aryl methyl sites for hydroxylation is 1. The van der Waals surface area contributed by atoms with E-state index in [2.05, 4.69) is 6.07 Å². The first-order chi connectivity index (χ1) is 12.2. The van der Waals surface area contributed by atoms with E-state index in [0.717, 1.165) is 43.6 Å². The molecule has 5 nitrogen and oxygen atoms in total. The van der Waals surface area contributed by atoms with Crippen LogP contribution in [0.25, 0.3) is 11.3 Å². The monoisotopic (exact) mass is 338 g/mol. The van der Waals surface area contributed by atoms with Crippen molar-refractivity contribution in [2.75, 3.05) is 19.7 Å². The Kier molecular flexibility index (Phi) is 4.07. The Hall–Kier alpha value is -2.56. The summed E-state index contributed by atoms with van der Waals surface area (Å²) in [6.07, 6.45) is 2.94. The maximum absolute atomic E-state index is 13.1. The lowest BCUT2D eigenvalue weighted by atomic mass is 9.96. The fourth-order valence-corrected chi connectivity index (χ4v) is 3.90. The summed E-state index contributed by atoms with van der Waals surface area (Å²) in [4.78, 5) is 27.4. The molecular formula is C20H22N2O3. The lowest BCUT2D eigenvalue weighted by Crippen LogP contribution is -2.28. The second-order valence-corrected chi connectivity index (χ2v) is 6.57. The third-order valence-electron chi connectivity index (χ3n) is 5.08. The number of hydrogen-bond acceptors (Lipinski definition) is 3. The first-order valence-corrected chi connectivity index (χ1v) is 8.99. The second-order valence-electron chi connectivity index (χ2n) is 6.57. The van der Waals surface area contributed by atoms with Gasteiger partial charge in [0.05, 0.1) is 17.9 Å². The number of aromatic nitrogens is 1. The van der Waals surface area contributed by atoms with Gasteiger partial charge in [-0.15, -0.1) is 0 Å². The van der Waals surface area contributed by atoms with Crippen LogP contribution in [0.3, 0.4) is 0 Å². The number of esters is 1. The summed E-state index contributed by atoms with van der Waals surface area (Å²) in [6.45, 7) is 4.39. The first kappa shape index (κ1) is 15.9. The van der Waals surface area contributed by atoms with Crippen molar-refractivity contribution in [2.45, 2.75) is 32.7 Å². The zero-order chi connectivity index (χ0) is 17.4. The van der Waals surface area contributed by atoms with Gasteiger partial charge in [0.2, 0.25) is 0 Å². The number of benzene rings is 1. The molecule has 0 atom stereocenters. The van der Waals surface area contributed by atoms with Crippen LogP contribution in [0.15, 0.2) is 30.3 Å². The van der Waals surface area contributed by atoms with Crippen LogP contribution in [-0.4, -0.2) is 41.0 Å². The molecule has 25 heavy (non-hydrogen) atoms. The molecule has 1 amide bonds. The maximum atomic E-state index is 13.1. The highest BCUT2D eigenvalue weighted by molar-refractivity contribution is 6.04. The van der Waals surface area contributed by atoms with Crippen molar-refractivity contribution in [1.29, 1.82) is 0 Å². The van der Waals surface area contributed by atoms with Gasteiger partial charge in [0, 0.05) is 25.2 Å². The second kappa shape index (κ2) is 6.39. The fraction of sp³-hybridized carbons (Fsp3) is 0.400. The summed E-state index contributed by atoms with van der Waals surface area (Å²) in [7, 11) is 0. The normalized spacial score (nSPS) is 15.6. The molecule has 0 spiro atoms. The predicted molar refractivity (Wildman–Crippen MR) is 94.7 cm³/mol. The number of likely N-dealkylation sites (tertiary alicyclic amines) is 1. The van der Waals surface area contributed by atoms with Gasteiger partial charge in [-0.25, -0.2) is 4.79 Å². The van der Waals surface area contributed by atoms with Crippen LogP contribution in [0.2, 0.25) is 0 Å². The van der Waals surface area contributed by atoms with Gasteiger partial charge >= 0.3 is 5.97 Å². The van der Waals surface area contributed by atoms with Crippen molar-refractivity contribution in [2.24, 2.45) is 0 Å². The number of carbonyl (C=O) groups excluding carboxylic acids is 2. The van der Waals surface area contributed by atoms with Crippen LogP contribution in [0.4, 0.5) is 0 Å². The van der Waals surface area contributed by atoms with Gasteiger partial charge in [-0.1, -0.05) is 24.3 Å². The molecule has 2 aliphatic rings. The SMILES string of the molecule is CCOC(=O)c1cc(C(=O)N2CCCC2)c2n1CCc1ccccc1-2. The lowest BCUT2D eigenvalue weighted by molar-refractivity contribution is 0.0513. The minimum Gasteiger partial charge on any atom is -0.461 e. The zero-order valence-electron chi connectivity index (χ0n) is 14.5. The molecule has 0 radical (unpaired) electrons. The molecule has 1 aromatic carbocycles. The first-order valence-electron chi connectivity index (χ1n) is 8.99. The Balaban J connectivity index is 1.86. The molecule has 1 saturated heterocycles. The van der Waals surface area contributed by atoms with Crippen molar-refractivity contribution >= 4 is 11.9 Å². The van der Waals surface area contributed by atoms with Crippen molar-refractivity contribution in [3.63, 3.8) is 0 Å². The number of rotatable bonds is 3. The minimum absolute atomic E-state index is 0.0218. The highest BCUT2D eigenvalue weighted by Gasteiger charge is 2.31. The molecule has 1 fully saturated rings. The maximum Gasteiger partial charge on any atom is 0.354 e. The fourth-order valence-electron chi connectivity index (χ4n) is 3.90. The van der Waals surface area contributed by atoms with Crippen molar-refractivity contribution in [1.82, 2.24) is 9.47 Å². The van der Waals surface area contributed by atoms with Crippen LogP contribution in [0.5, 0.6) is 0 Å². The molecule has 2 aromatic rings. The topological polar surface area (TPSA) is 51.5 Å². The average molecular weight is 338 g/mol. The summed E-state index contributed by atoms with van der Waals surface area (Å²) in [5.41, 5.74) is 4.23. The van der Waals surface area contributed by atoms with E-state index in [-0.39, 0.29) is 11.9 Å². The highest BCUT2D eigenvalue weighted by Crippen LogP contribution is 2.36. The number of carbonyl (C=O) groups is 2. The number of amides is 1. The van der Waals surface area contributed by atoms with Gasteiger partial charge in [-0.05, 0) is 37.8 Å². The molecule has 130 valence electrons. The minimum atomic E-state index is -0.358. The molecule has 0 unspecified atom stereocenters. The van der Waals surface area contributed by atoms with Gasteiger partial charge in [0.15, 0.2) is 0 Å². The van der Waals surface area contributed by atoms with E-state index >= 15 is 0 Å². The number of nitrogens with zero attached hydrogens (tertiary/aromatic N) is 2. The van der Waals surface area contributed by atoms with Crippen LogP contribution in [0.1, 0.15) is 46.2 Å². The molecule has 3 heterocycles. The smallest absolute Gasteiger partial charge is 0.354 e.